The predicted octanol–water partition coefficient (Wildman–Crippen LogP) is 2.23. The van der Waals surface area contributed by atoms with Crippen LogP contribution in [0.3, 0.4) is 0 Å². The molecule has 1 atom stereocenters. The Kier molecular flexibility index (Phi) is 10.3. The molecule has 0 aromatic heterocycles. The SMILES string of the molecule is CCCOCC(O)CCOCCC(C)C. The fourth-order valence-electron chi connectivity index (χ4n) is 1.09. The summed E-state index contributed by atoms with van der Waals surface area (Å²) in [5.74, 6) is 0.683. The van der Waals surface area contributed by atoms with Gasteiger partial charge in [0.05, 0.1) is 12.7 Å². The van der Waals surface area contributed by atoms with Gasteiger partial charge >= 0.3 is 0 Å². The van der Waals surface area contributed by atoms with Crippen LogP contribution in [0, 0.1) is 5.92 Å². The van der Waals surface area contributed by atoms with Crippen molar-refractivity contribution < 1.29 is 14.6 Å². The Hall–Kier alpha value is -0.120. The largest absolute Gasteiger partial charge is 0.391 e. The van der Waals surface area contributed by atoms with Gasteiger partial charge in [-0.1, -0.05) is 20.8 Å². The number of ether oxygens (including phenoxy) is 2. The molecule has 0 saturated heterocycles. The lowest BCUT2D eigenvalue weighted by Gasteiger charge is -2.11. The molecule has 0 aliphatic carbocycles. The third kappa shape index (κ3) is 11.8. The van der Waals surface area contributed by atoms with E-state index in [-0.39, 0.29) is 6.10 Å². The van der Waals surface area contributed by atoms with Gasteiger partial charge in [-0.05, 0) is 25.2 Å². The number of aliphatic hydroxyl groups is 1. The molecule has 0 rings (SSSR count). The van der Waals surface area contributed by atoms with Crippen molar-refractivity contribution in [1.29, 1.82) is 0 Å². The molecular formula is C12H26O3. The molecule has 0 spiro atoms. The average Bonchev–Trinajstić information content (AvgIpc) is 2.17. The lowest BCUT2D eigenvalue weighted by molar-refractivity contribution is 0.0127. The summed E-state index contributed by atoms with van der Waals surface area (Å²) in [5, 5.41) is 9.48. The van der Waals surface area contributed by atoms with Crippen LogP contribution < -0.4 is 0 Å². The van der Waals surface area contributed by atoms with Crippen molar-refractivity contribution in [3.05, 3.63) is 0 Å². The quantitative estimate of drug-likeness (QED) is 0.571. The molecule has 0 aliphatic rings. The number of rotatable bonds is 10. The van der Waals surface area contributed by atoms with Crippen LogP contribution in [-0.4, -0.2) is 37.6 Å². The van der Waals surface area contributed by atoms with Crippen LogP contribution in [0.2, 0.25) is 0 Å². The van der Waals surface area contributed by atoms with Crippen molar-refractivity contribution in [2.24, 2.45) is 5.92 Å². The van der Waals surface area contributed by atoms with Crippen LogP contribution in [0.1, 0.15) is 40.0 Å². The van der Waals surface area contributed by atoms with E-state index in [1.165, 1.54) is 0 Å². The van der Waals surface area contributed by atoms with Crippen LogP contribution >= 0.6 is 0 Å². The van der Waals surface area contributed by atoms with E-state index in [1.807, 2.05) is 0 Å². The molecule has 15 heavy (non-hydrogen) atoms. The number of hydrogen-bond acceptors (Lipinski definition) is 3. The van der Waals surface area contributed by atoms with Crippen molar-refractivity contribution in [3.8, 4) is 0 Å². The maximum absolute atomic E-state index is 9.48. The van der Waals surface area contributed by atoms with Crippen molar-refractivity contribution >= 4 is 0 Å². The highest BCUT2D eigenvalue weighted by Gasteiger charge is 2.03. The molecule has 0 fully saturated rings. The normalized spacial score (nSPS) is 13.4. The summed E-state index contributed by atoms with van der Waals surface area (Å²) in [6.07, 6.45) is 2.37. The maximum atomic E-state index is 9.48. The summed E-state index contributed by atoms with van der Waals surface area (Å²) < 4.78 is 10.6. The summed E-state index contributed by atoms with van der Waals surface area (Å²) >= 11 is 0. The zero-order valence-electron chi connectivity index (χ0n) is 10.4. The molecule has 0 heterocycles. The zero-order valence-corrected chi connectivity index (χ0v) is 10.4. The Morgan fingerprint density at radius 2 is 1.67 bits per heavy atom. The van der Waals surface area contributed by atoms with Crippen molar-refractivity contribution in [3.63, 3.8) is 0 Å². The van der Waals surface area contributed by atoms with E-state index in [9.17, 15) is 5.11 Å². The molecule has 0 aliphatic heterocycles. The maximum Gasteiger partial charge on any atom is 0.0795 e. The third-order valence-electron chi connectivity index (χ3n) is 2.09. The topological polar surface area (TPSA) is 38.7 Å². The van der Waals surface area contributed by atoms with Gasteiger partial charge in [0.1, 0.15) is 0 Å². The van der Waals surface area contributed by atoms with Gasteiger partial charge in [-0.2, -0.15) is 0 Å². The molecule has 0 saturated carbocycles. The minimum Gasteiger partial charge on any atom is -0.391 e. The molecule has 0 radical (unpaired) electrons. The van der Waals surface area contributed by atoms with Crippen molar-refractivity contribution in [1.82, 2.24) is 0 Å². The third-order valence-corrected chi connectivity index (χ3v) is 2.09. The van der Waals surface area contributed by atoms with Crippen LogP contribution in [0.5, 0.6) is 0 Å². The predicted molar refractivity (Wildman–Crippen MR) is 62.0 cm³/mol. The molecule has 3 heteroatoms. The van der Waals surface area contributed by atoms with E-state index in [2.05, 4.69) is 20.8 Å². The van der Waals surface area contributed by atoms with Gasteiger partial charge in [-0.3, -0.25) is 0 Å². The van der Waals surface area contributed by atoms with Crippen LogP contribution in [0.15, 0.2) is 0 Å². The Morgan fingerprint density at radius 1 is 1.00 bits per heavy atom. The number of aliphatic hydroxyl groups excluding tert-OH is 1. The highest BCUT2D eigenvalue weighted by molar-refractivity contribution is 4.53. The minimum absolute atomic E-state index is 0.379. The van der Waals surface area contributed by atoms with E-state index < -0.39 is 0 Å². The van der Waals surface area contributed by atoms with Gasteiger partial charge in [0, 0.05) is 19.8 Å². The van der Waals surface area contributed by atoms with Gasteiger partial charge in [0.2, 0.25) is 0 Å². The van der Waals surface area contributed by atoms with E-state index in [1.54, 1.807) is 0 Å². The Balaban J connectivity index is 3.13. The van der Waals surface area contributed by atoms with Gasteiger partial charge in [0.15, 0.2) is 0 Å². The summed E-state index contributed by atoms with van der Waals surface area (Å²) in [6, 6.07) is 0. The van der Waals surface area contributed by atoms with Gasteiger partial charge in [0.25, 0.3) is 0 Å². The fourth-order valence-corrected chi connectivity index (χ4v) is 1.09. The average molecular weight is 218 g/mol. The molecule has 1 N–H and O–H groups in total. The Morgan fingerprint density at radius 3 is 2.27 bits per heavy atom. The van der Waals surface area contributed by atoms with E-state index in [0.717, 1.165) is 26.1 Å². The standard InChI is InChI=1S/C12H26O3/c1-4-7-15-10-12(13)6-9-14-8-5-11(2)3/h11-13H,4-10H2,1-3H3. The Labute approximate surface area is 93.8 Å². The molecule has 3 nitrogen and oxygen atoms in total. The molecule has 0 aromatic carbocycles. The lowest BCUT2D eigenvalue weighted by atomic mass is 10.1. The smallest absolute Gasteiger partial charge is 0.0795 e. The minimum atomic E-state index is -0.379. The molecule has 1 unspecified atom stereocenters. The lowest BCUT2D eigenvalue weighted by Crippen LogP contribution is -2.18. The van der Waals surface area contributed by atoms with E-state index >= 15 is 0 Å². The van der Waals surface area contributed by atoms with Crippen LogP contribution in [0.4, 0.5) is 0 Å². The summed E-state index contributed by atoms with van der Waals surface area (Å²) in [7, 11) is 0. The number of hydrogen-bond donors (Lipinski definition) is 1. The first-order chi connectivity index (χ1) is 7.16. The monoisotopic (exact) mass is 218 g/mol. The second-order valence-corrected chi connectivity index (χ2v) is 4.31. The molecule has 92 valence electrons. The second kappa shape index (κ2) is 10.4. The first-order valence-corrected chi connectivity index (χ1v) is 6.00. The van der Waals surface area contributed by atoms with Crippen molar-refractivity contribution in [2.75, 3.05) is 26.4 Å². The molecule has 0 aromatic rings. The summed E-state index contributed by atoms with van der Waals surface area (Å²) in [6.45, 7) is 8.99. The highest BCUT2D eigenvalue weighted by Crippen LogP contribution is 2.00. The first-order valence-electron chi connectivity index (χ1n) is 6.00. The first kappa shape index (κ1) is 14.9. The second-order valence-electron chi connectivity index (χ2n) is 4.31. The molecular weight excluding hydrogens is 192 g/mol. The van der Waals surface area contributed by atoms with Gasteiger partial charge in [-0.15, -0.1) is 0 Å². The van der Waals surface area contributed by atoms with Crippen LogP contribution in [-0.2, 0) is 9.47 Å². The fraction of sp³-hybridized carbons (Fsp3) is 1.00. The summed E-state index contributed by atoms with van der Waals surface area (Å²) in [5.41, 5.74) is 0. The summed E-state index contributed by atoms with van der Waals surface area (Å²) in [4.78, 5) is 0. The Bertz CT molecular complexity index is 126. The van der Waals surface area contributed by atoms with Crippen LogP contribution in [0.25, 0.3) is 0 Å². The van der Waals surface area contributed by atoms with Gasteiger partial charge in [-0.25, -0.2) is 0 Å². The van der Waals surface area contributed by atoms with E-state index in [4.69, 9.17) is 9.47 Å². The zero-order chi connectivity index (χ0) is 11.5. The molecule has 0 bridgehead atoms. The highest BCUT2D eigenvalue weighted by atomic mass is 16.5. The van der Waals surface area contributed by atoms with Crippen molar-refractivity contribution in [2.45, 2.75) is 46.1 Å². The van der Waals surface area contributed by atoms with Gasteiger partial charge < -0.3 is 14.6 Å². The van der Waals surface area contributed by atoms with E-state index in [0.29, 0.717) is 25.6 Å². The molecule has 0 amide bonds.